The number of carbonyl (C=O) groups excluding carboxylic acids is 2. The number of nitrogens with zero attached hydrogens (tertiary/aromatic N) is 1. The van der Waals surface area contributed by atoms with E-state index in [2.05, 4.69) is 17.1 Å². The van der Waals surface area contributed by atoms with Crippen LogP contribution < -0.4 is 5.32 Å². The van der Waals surface area contributed by atoms with E-state index in [-0.39, 0.29) is 5.91 Å². The summed E-state index contributed by atoms with van der Waals surface area (Å²) in [5, 5.41) is 2.90. The first-order valence-corrected chi connectivity index (χ1v) is 9.78. The predicted molar refractivity (Wildman–Crippen MR) is 111 cm³/mol. The van der Waals surface area contributed by atoms with Gasteiger partial charge in [0, 0.05) is 24.3 Å². The summed E-state index contributed by atoms with van der Waals surface area (Å²) in [5.41, 5.74) is 3.57. The number of likely N-dealkylation sites (tertiary alicyclic amines) is 1. The molecule has 148 valence electrons. The molecule has 1 atom stereocenters. The summed E-state index contributed by atoms with van der Waals surface area (Å²) in [4.78, 5) is 26.9. The van der Waals surface area contributed by atoms with E-state index < -0.39 is 5.97 Å². The highest BCUT2D eigenvalue weighted by Crippen LogP contribution is 2.21. The zero-order chi connectivity index (χ0) is 20.1. The number of esters is 1. The SMILES string of the molecule is COC(=O)c1cccc(NC(=O)c2ccc(CN3CCC[C@@H](C)C3)cc2)c1C. The monoisotopic (exact) mass is 380 g/mol. The average molecular weight is 380 g/mol. The lowest BCUT2D eigenvalue weighted by Crippen LogP contribution is -2.33. The highest BCUT2D eigenvalue weighted by molar-refractivity contribution is 6.05. The molecule has 1 amide bonds. The lowest BCUT2D eigenvalue weighted by molar-refractivity contribution is 0.0599. The maximum Gasteiger partial charge on any atom is 0.338 e. The van der Waals surface area contributed by atoms with Gasteiger partial charge in [-0.05, 0) is 67.6 Å². The average Bonchev–Trinajstić information content (AvgIpc) is 2.69. The Morgan fingerprint density at radius 2 is 1.93 bits per heavy atom. The van der Waals surface area contributed by atoms with E-state index in [1.165, 1.54) is 25.5 Å². The first kappa shape index (κ1) is 20.1. The van der Waals surface area contributed by atoms with Crippen molar-refractivity contribution in [1.29, 1.82) is 0 Å². The molecular formula is C23H28N2O3. The Morgan fingerprint density at radius 1 is 1.18 bits per heavy atom. The molecule has 0 aromatic heterocycles. The number of benzene rings is 2. The molecule has 0 unspecified atom stereocenters. The number of nitrogens with one attached hydrogen (secondary N) is 1. The summed E-state index contributed by atoms with van der Waals surface area (Å²) in [6.45, 7) is 7.30. The van der Waals surface area contributed by atoms with Crippen LogP contribution in [0.1, 0.15) is 51.6 Å². The summed E-state index contributed by atoms with van der Waals surface area (Å²) in [6.07, 6.45) is 2.57. The Labute approximate surface area is 166 Å². The first-order chi connectivity index (χ1) is 13.5. The number of carbonyl (C=O) groups is 2. The fraction of sp³-hybridized carbons (Fsp3) is 0.391. The molecule has 1 heterocycles. The van der Waals surface area contributed by atoms with Crippen LogP contribution in [-0.4, -0.2) is 37.0 Å². The number of piperidine rings is 1. The molecule has 2 aromatic rings. The van der Waals surface area contributed by atoms with Gasteiger partial charge in [-0.1, -0.05) is 25.1 Å². The molecule has 1 aliphatic rings. The van der Waals surface area contributed by atoms with E-state index >= 15 is 0 Å². The number of amides is 1. The third-order valence-corrected chi connectivity index (χ3v) is 5.35. The normalized spacial score (nSPS) is 17.2. The molecule has 0 bridgehead atoms. The van der Waals surface area contributed by atoms with Gasteiger partial charge in [-0.2, -0.15) is 0 Å². The van der Waals surface area contributed by atoms with Gasteiger partial charge >= 0.3 is 5.97 Å². The quantitative estimate of drug-likeness (QED) is 0.787. The topological polar surface area (TPSA) is 58.6 Å². The van der Waals surface area contributed by atoms with Crippen LogP contribution in [0.2, 0.25) is 0 Å². The van der Waals surface area contributed by atoms with Gasteiger partial charge in [0.05, 0.1) is 12.7 Å². The summed E-state index contributed by atoms with van der Waals surface area (Å²) in [7, 11) is 1.35. The standard InChI is InChI=1S/C23H28N2O3/c1-16-6-5-13-25(14-16)15-18-9-11-19(12-10-18)22(26)24-21-8-4-7-20(17(21)2)23(27)28-3/h4,7-12,16H,5-6,13-15H2,1-3H3,(H,24,26)/t16-/m1/s1. The van der Waals surface area contributed by atoms with Crippen molar-refractivity contribution in [3.8, 4) is 0 Å². The zero-order valence-corrected chi connectivity index (χ0v) is 16.8. The van der Waals surface area contributed by atoms with Crippen LogP contribution in [0.3, 0.4) is 0 Å². The predicted octanol–water partition coefficient (Wildman–Crippen LogP) is 4.27. The van der Waals surface area contributed by atoms with E-state index in [0.717, 1.165) is 25.6 Å². The third-order valence-electron chi connectivity index (χ3n) is 5.35. The van der Waals surface area contributed by atoms with E-state index in [0.29, 0.717) is 22.4 Å². The number of hydrogen-bond acceptors (Lipinski definition) is 4. The van der Waals surface area contributed by atoms with Crippen molar-refractivity contribution in [3.05, 3.63) is 64.7 Å². The molecule has 0 radical (unpaired) electrons. The van der Waals surface area contributed by atoms with E-state index in [9.17, 15) is 9.59 Å². The highest BCUT2D eigenvalue weighted by Gasteiger charge is 2.17. The molecule has 5 nitrogen and oxygen atoms in total. The van der Waals surface area contributed by atoms with E-state index in [1.54, 1.807) is 25.1 Å². The van der Waals surface area contributed by atoms with Crippen LogP contribution >= 0.6 is 0 Å². The van der Waals surface area contributed by atoms with Gasteiger partial charge in [0.15, 0.2) is 0 Å². The molecule has 1 N–H and O–H groups in total. The lowest BCUT2D eigenvalue weighted by atomic mass is 9.99. The summed E-state index contributed by atoms with van der Waals surface area (Å²) in [5.74, 6) is 0.149. The lowest BCUT2D eigenvalue weighted by Gasteiger charge is -2.30. The van der Waals surface area contributed by atoms with Crippen molar-refractivity contribution < 1.29 is 14.3 Å². The molecule has 5 heteroatoms. The fourth-order valence-electron chi connectivity index (χ4n) is 3.75. The second-order valence-corrected chi connectivity index (χ2v) is 7.60. The Balaban J connectivity index is 1.66. The number of methoxy groups -OCH3 is 1. The van der Waals surface area contributed by atoms with Gasteiger partial charge < -0.3 is 10.1 Å². The second kappa shape index (κ2) is 9.02. The Kier molecular flexibility index (Phi) is 6.47. The molecule has 3 rings (SSSR count). The second-order valence-electron chi connectivity index (χ2n) is 7.60. The molecule has 0 aliphatic carbocycles. The van der Waals surface area contributed by atoms with Gasteiger partial charge in [0.2, 0.25) is 0 Å². The smallest absolute Gasteiger partial charge is 0.338 e. The minimum atomic E-state index is -0.412. The summed E-state index contributed by atoms with van der Waals surface area (Å²) in [6, 6.07) is 13.0. The van der Waals surface area contributed by atoms with Crippen molar-refractivity contribution in [2.75, 3.05) is 25.5 Å². The third kappa shape index (κ3) is 4.78. The van der Waals surface area contributed by atoms with Crippen LogP contribution in [-0.2, 0) is 11.3 Å². The van der Waals surface area contributed by atoms with Gasteiger partial charge in [-0.25, -0.2) is 4.79 Å². The van der Waals surface area contributed by atoms with Crippen LogP contribution in [0.4, 0.5) is 5.69 Å². The van der Waals surface area contributed by atoms with Gasteiger partial charge in [-0.15, -0.1) is 0 Å². The van der Waals surface area contributed by atoms with Crippen molar-refractivity contribution in [1.82, 2.24) is 4.90 Å². The summed E-state index contributed by atoms with van der Waals surface area (Å²) >= 11 is 0. The maximum absolute atomic E-state index is 12.6. The van der Waals surface area contributed by atoms with Gasteiger partial charge in [0.1, 0.15) is 0 Å². The van der Waals surface area contributed by atoms with Crippen molar-refractivity contribution >= 4 is 17.6 Å². The Bertz CT molecular complexity index is 845. The zero-order valence-electron chi connectivity index (χ0n) is 16.8. The fourth-order valence-corrected chi connectivity index (χ4v) is 3.75. The Morgan fingerprint density at radius 3 is 2.61 bits per heavy atom. The maximum atomic E-state index is 12.6. The highest BCUT2D eigenvalue weighted by atomic mass is 16.5. The molecule has 0 spiro atoms. The van der Waals surface area contributed by atoms with Gasteiger partial charge in [-0.3, -0.25) is 9.69 Å². The molecule has 2 aromatic carbocycles. The van der Waals surface area contributed by atoms with Crippen LogP contribution in [0, 0.1) is 12.8 Å². The molecule has 1 fully saturated rings. The van der Waals surface area contributed by atoms with Crippen molar-refractivity contribution in [3.63, 3.8) is 0 Å². The number of ether oxygens (including phenoxy) is 1. The van der Waals surface area contributed by atoms with Crippen molar-refractivity contribution in [2.24, 2.45) is 5.92 Å². The van der Waals surface area contributed by atoms with Crippen molar-refractivity contribution in [2.45, 2.75) is 33.2 Å². The molecular weight excluding hydrogens is 352 g/mol. The van der Waals surface area contributed by atoms with Crippen LogP contribution in [0.25, 0.3) is 0 Å². The molecule has 1 saturated heterocycles. The number of rotatable bonds is 5. The Hall–Kier alpha value is -2.66. The van der Waals surface area contributed by atoms with E-state index in [4.69, 9.17) is 4.74 Å². The first-order valence-electron chi connectivity index (χ1n) is 9.78. The summed E-state index contributed by atoms with van der Waals surface area (Å²) < 4.78 is 4.79. The van der Waals surface area contributed by atoms with Crippen LogP contribution in [0.15, 0.2) is 42.5 Å². The molecule has 1 aliphatic heterocycles. The molecule has 0 saturated carbocycles. The number of hydrogen-bond donors (Lipinski definition) is 1. The van der Waals surface area contributed by atoms with E-state index in [1.807, 2.05) is 24.3 Å². The van der Waals surface area contributed by atoms with Gasteiger partial charge in [0.25, 0.3) is 5.91 Å². The largest absolute Gasteiger partial charge is 0.465 e. The minimum absolute atomic E-state index is 0.191. The minimum Gasteiger partial charge on any atom is -0.465 e. The number of anilines is 1. The molecule has 28 heavy (non-hydrogen) atoms. The van der Waals surface area contributed by atoms with Crippen LogP contribution in [0.5, 0.6) is 0 Å².